The maximum absolute atomic E-state index is 12.0. The zero-order valence-electron chi connectivity index (χ0n) is 12.3. The van der Waals surface area contributed by atoms with Crippen LogP contribution < -0.4 is 15.8 Å². The first-order valence-corrected chi connectivity index (χ1v) is 7.04. The van der Waals surface area contributed by atoms with Crippen LogP contribution in [0.2, 0.25) is 0 Å². The zero-order chi connectivity index (χ0) is 16.7. The molecule has 0 aliphatic rings. The molecule has 0 saturated heterocycles. The second-order valence-electron chi connectivity index (χ2n) is 4.88. The van der Waals surface area contributed by atoms with E-state index in [2.05, 4.69) is 15.0 Å². The molecule has 0 spiro atoms. The number of carbonyl (C=O) groups excluding carboxylic acids is 1. The van der Waals surface area contributed by atoms with Crippen LogP contribution in [0.25, 0.3) is 0 Å². The molecule has 2 rings (SSSR count). The number of carbonyl (C=O) groups is 1. The van der Waals surface area contributed by atoms with Gasteiger partial charge in [-0.25, -0.2) is 0 Å². The Balaban J connectivity index is 1.73. The van der Waals surface area contributed by atoms with Crippen LogP contribution >= 0.6 is 0 Å². The normalized spacial score (nSPS) is 10.6. The minimum absolute atomic E-state index is 0.113. The van der Waals surface area contributed by atoms with Gasteiger partial charge in [-0.3, -0.25) is 9.78 Å². The molecule has 1 amide bonds. The molecular weight excluding hydrogens is 304 g/mol. The minimum atomic E-state index is -2.83. The molecule has 5 nitrogen and oxygen atoms in total. The molecule has 0 atom stereocenters. The molecular formula is C16H17F2N3O2. The van der Waals surface area contributed by atoms with E-state index in [0.29, 0.717) is 24.3 Å². The quantitative estimate of drug-likeness (QED) is 0.819. The van der Waals surface area contributed by atoms with Crippen molar-refractivity contribution in [3.63, 3.8) is 0 Å². The van der Waals surface area contributed by atoms with Crippen molar-refractivity contribution in [3.8, 4) is 5.75 Å². The molecule has 0 radical (unpaired) electrons. The number of aromatic nitrogens is 1. The summed E-state index contributed by atoms with van der Waals surface area (Å²) >= 11 is 0. The van der Waals surface area contributed by atoms with Crippen molar-refractivity contribution in [1.29, 1.82) is 0 Å². The fraction of sp³-hybridized carbons (Fsp3) is 0.250. The number of amides is 1. The fourth-order valence-corrected chi connectivity index (χ4v) is 1.95. The average Bonchev–Trinajstić information content (AvgIpc) is 2.51. The van der Waals surface area contributed by atoms with Gasteiger partial charge < -0.3 is 15.8 Å². The van der Waals surface area contributed by atoms with Crippen molar-refractivity contribution < 1.29 is 18.3 Å². The van der Waals surface area contributed by atoms with Crippen molar-refractivity contribution in [2.24, 2.45) is 0 Å². The van der Waals surface area contributed by atoms with Gasteiger partial charge in [0.15, 0.2) is 0 Å². The Morgan fingerprint density at radius 1 is 1.22 bits per heavy atom. The van der Waals surface area contributed by atoms with Crippen molar-refractivity contribution in [2.75, 3.05) is 12.3 Å². The van der Waals surface area contributed by atoms with Crippen LogP contribution in [0.4, 0.5) is 14.5 Å². The molecule has 7 heteroatoms. The summed E-state index contributed by atoms with van der Waals surface area (Å²) in [7, 11) is 0. The van der Waals surface area contributed by atoms with Crippen LogP contribution in [0, 0.1) is 0 Å². The first kappa shape index (κ1) is 16.7. The van der Waals surface area contributed by atoms with E-state index in [1.807, 2.05) is 0 Å². The number of halogens is 2. The Labute approximate surface area is 132 Å². The Morgan fingerprint density at radius 2 is 1.96 bits per heavy atom. The van der Waals surface area contributed by atoms with Gasteiger partial charge in [0.05, 0.1) is 18.3 Å². The minimum Gasteiger partial charge on any atom is -0.435 e. The second kappa shape index (κ2) is 8.07. The maximum atomic E-state index is 12.0. The van der Waals surface area contributed by atoms with Gasteiger partial charge in [0.1, 0.15) is 5.75 Å². The molecule has 0 saturated carbocycles. The molecule has 122 valence electrons. The number of nitrogens with zero attached hydrogens (tertiary/aromatic N) is 1. The SMILES string of the molecule is Nc1ccc(CC(=O)NCCc2ccc(OC(F)F)cc2)nc1. The van der Waals surface area contributed by atoms with E-state index in [4.69, 9.17) is 5.73 Å². The summed E-state index contributed by atoms with van der Waals surface area (Å²) in [5.74, 6) is -0.0258. The highest BCUT2D eigenvalue weighted by Crippen LogP contribution is 2.15. The van der Waals surface area contributed by atoms with Gasteiger partial charge in [-0.15, -0.1) is 0 Å². The molecule has 1 aromatic carbocycles. The lowest BCUT2D eigenvalue weighted by Gasteiger charge is -2.07. The number of ether oxygens (including phenoxy) is 1. The topological polar surface area (TPSA) is 77.2 Å². The first-order chi connectivity index (χ1) is 11.0. The molecule has 0 unspecified atom stereocenters. The van der Waals surface area contributed by atoms with Crippen molar-refractivity contribution in [2.45, 2.75) is 19.5 Å². The summed E-state index contributed by atoms with van der Waals surface area (Å²) < 4.78 is 28.3. The Bertz CT molecular complexity index is 631. The average molecular weight is 321 g/mol. The van der Waals surface area contributed by atoms with Crippen LogP contribution in [0.3, 0.4) is 0 Å². The molecule has 0 bridgehead atoms. The number of benzene rings is 1. The molecule has 0 aliphatic heterocycles. The van der Waals surface area contributed by atoms with Gasteiger partial charge in [0.2, 0.25) is 5.91 Å². The third-order valence-corrected chi connectivity index (χ3v) is 3.07. The second-order valence-corrected chi connectivity index (χ2v) is 4.88. The van der Waals surface area contributed by atoms with E-state index in [1.165, 1.54) is 18.3 Å². The Hall–Kier alpha value is -2.70. The molecule has 1 aromatic heterocycles. The van der Waals surface area contributed by atoms with E-state index in [0.717, 1.165) is 5.56 Å². The van der Waals surface area contributed by atoms with Gasteiger partial charge in [0, 0.05) is 12.2 Å². The van der Waals surface area contributed by atoms with E-state index >= 15 is 0 Å². The molecule has 23 heavy (non-hydrogen) atoms. The summed E-state index contributed by atoms with van der Waals surface area (Å²) in [6, 6.07) is 9.72. The summed E-state index contributed by atoms with van der Waals surface area (Å²) in [4.78, 5) is 15.8. The van der Waals surface area contributed by atoms with Crippen LogP contribution in [-0.2, 0) is 17.6 Å². The lowest BCUT2D eigenvalue weighted by atomic mass is 10.1. The van der Waals surface area contributed by atoms with Gasteiger partial charge >= 0.3 is 6.61 Å². The molecule has 0 aliphatic carbocycles. The highest BCUT2D eigenvalue weighted by atomic mass is 19.3. The largest absolute Gasteiger partial charge is 0.435 e. The number of nitrogens with two attached hydrogens (primary N) is 1. The number of nitrogen functional groups attached to an aromatic ring is 1. The van der Waals surface area contributed by atoms with Crippen molar-refractivity contribution in [1.82, 2.24) is 10.3 Å². The Kier molecular flexibility index (Phi) is 5.85. The number of alkyl halides is 2. The van der Waals surface area contributed by atoms with Gasteiger partial charge in [-0.1, -0.05) is 12.1 Å². The third kappa shape index (κ3) is 5.90. The summed E-state index contributed by atoms with van der Waals surface area (Å²) in [6.45, 7) is -2.38. The van der Waals surface area contributed by atoms with Gasteiger partial charge in [0.25, 0.3) is 0 Å². The van der Waals surface area contributed by atoms with Crippen LogP contribution in [0.1, 0.15) is 11.3 Å². The molecule has 0 fully saturated rings. The lowest BCUT2D eigenvalue weighted by molar-refractivity contribution is -0.120. The smallest absolute Gasteiger partial charge is 0.387 e. The summed E-state index contributed by atoms with van der Waals surface area (Å²) in [5.41, 5.74) is 7.63. The fourth-order valence-electron chi connectivity index (χ4n) is 1.95. The number of nitrogens with one attached hydrogen (secondary N) is 1. The van der Waals surface area contributed by atoms with Crippen LogP contribution in [0.5, 0.6) is 5.75 Å². The lowest BCUT2D eigenvalue weighted by Crippen LogP contribution is -2.27. The Morgan fingerprint density at radius 3 is 2.57 bits per heavy atom. The van der Waals surface area contributed by atoms with Crippen molar-refractivity contribution in [3.05, 3.63) is 53.9 Å². The van der Waals surface area contributed by atoms with Crippen LogP contribution in [-0.4, -0.2) is 24.0 Å². The molecule has 1 heterocycles. The monoisotopic (exact) mass is 321 g/mol. The number of rotatable bonds is 7. The van der Waals surface area contributed by atoms with Crippen LogP contribution in [0.15, 0.2) is 42.6 Å². The van der Waals surface area contributed by atoms with Gasteiger partial charge in [-0.2, -0.15) is 8.78 Å². The highest BCUT2D eigenvalue weighted by Gasteiger charge is 2.05. The standard InChI is InChI=1S/C16H17F2N3O2/c17-16(18)23-14-5-1-11(2-6-14)7-8-20-15(22)9-13-4-3-12(19)10-21-13/h1-6,10,16H,7-9,19H2,(H,20,22). The van der Waals surface area contributed by atoms with E-state index < -0.39 is 6.61 Å². The van der Waals surface area contributed by atoms with E-state index in [1.54, 1.807) is 24.3 Å². The first-order valence-electron chi connectivity index (χ1n) is 7.04. The molecule has 3 N–H and O–H groups in total. The predicted octanol–water partition coefficient (Wildman–Crippen LogP) is 2.17. The number of pyridine rings is 1. The third-order valence-electron chi connectivity index (χ3n) is 3.07. The summed E-state index contributed by atoms with van der Waals surface area (Å²) in [5, 5.41) is 2.78. The number of anilines is 1. The van der Waals surface area contributed by atoms with E-state index in [-0.39, 0.29) is 18.1 Å². The van der Waals surface area contributed by atoms with Crippen molar-refractivity contribution >= 4 is 11.6 Å². The number of hydrogen-bond acceptors (Lipinski definition) is 4. The number of hydrogen-bond donors (Lipinski definition) is 2. The van der Waals surface area contributed by atoms with E-state index in [9.17, 15) is 13.6 Å². The van der Waals surface area contributed by atoms with Gasteiger partial charge in [-0.05, 0) is 36.2 Å². The highest BCUT2D eigenvalue weighted by molar-refractivity contribution is 5.78. The maximum Gasteiger partial charge on any atom is 0.387 e. The zero-order valence-corrected chi connectivity index (χ0v) is 12.3. The predicted molar refractivity (Wildman–Crippen MR) is 82.1 cm³/mol. The molecule has 2 aromatic rings. The summed E-state index contributed by atoms with van der Waals surface area (Å²) in [6.07, 6.45) is 2.28.